The molecule has 0 heterocycles. The molecule has 1 rings (SSSR count). The molecule has 0 saturated heterocycles. The number of nitrogens with two attached hydrogens (primary N) is 1. The molecule has 0 aromatic carbocycles. The summed E-state index contributed by atoms with van der Waals surface area (Å²) in [6, 6.07) is 0. The third kappa shape index (κ3) is 2.71. The Morgan fingerprint density at radius 2 is 1.80 bits per heavy atom. The van der Waals surface area contributed by atoms with Crippen molar-refractivity contribution in [3.63, 3.8) is 0 Å². The molecule has 0 radical (unpaired) electrons. The van der Waals surface area contributed by atoms with E-state index in [-0.39, 0.29) is 5.60 Å². The van der Waals surface area contributed by atoms with E-state index < -0.39 is 0 Å². The zero-order valence-electron chi connectivity index (χ0n) is 10.5. The second kappa shape index (κ2) is 4.52. The van der Waals surface area contributed by atoms with E-state index in [2.05, 4.69) is 18.8 Å². The van der Waals surface area contributed by atoms with E-state index in [4.69, 9.17) is 10.5 Å². The van der Waals surface area contributed by atoms with E-state index in [0.717, 1.165) is 32.2 Å². The molecule has 0 atom stereocenters. The molecule has 0 amide bonds. The van der Waals surface area contributed by atoms with Gasteiger partial charge in [0.05, 0.1) is 0 Å². The lowest BCUT2D eigenvalue weighted by atomic mass is 9.70. The fraction of sp³-hybridized carbons (Fsp3) is 0.917. The summed E-state index contributed by atoms with van der Waals surface area (Å²) in [5.74, 6) is 0.683. The van der Waals surface area contributed by atoms with Crippen molar-refractivity contribution in [1.29, 1.82) is 0 Å². The molecule has 15 heavy (non-hydrogen) atoms. The average molecular weight is 212 g/mol. The van der Waals surface area contributed by atoms with Gasteiger partial charge in [0.15, 0.2) is 0 Å². The van der Waals surface area contributed by atoms with Gasteiger partial charge in [-0.05, 0) is 38.0 Å². The Balaban J connectivity index is 2.77. The maximum Gasteiger partial charge on any atom is 0.126 e. The standard InChI is InChI=1S/C12H24N2O/c1-5-14-10(13)12(15-4)8-6-11(2,3)7-9-12/h5-9H2,1-4H3,(H2,13,14). The minimum absolute atomic E-state index is 0.286. The van der Waals surface area contributed by atoms with Crippen molar-refractivity contribution in [3.05, 3.63) is 0 Å². The first-order chi connectivity index (χ1) is 6.96. The van der Waals surface area contributed by atoms with E-state index in [0.29, 0.717) is 11.3 Å². The van der Waals surface area contributed by atoms with Crippen LogP contribution < -0.4 is 5.73 Å². The maximum atomic E-state index is 6.02. The van der Waals surface area contributed by atoms with Crippen molar-refractivity contribution in [2.45, 2.75) is 52.1 Å². The number of methoxy groups -OCH3 is 1. The number of ether oxygens (including phenoxy) is 1. The highest BCUT2D eigenvalue weighted by atomic mass is 16.5. The summed E-state index contributed by atoms with van der Waals surface area (Å²) in [5, 5.41) is 0. The van der Waals surface area contributed by atoms with Crippen LogP contribution in [0.3, 0.4) is 0 Å². The Labute approximate surface area is 93.1 Å². The van der Waals surface area contributed by atoms with Gasteiger partial charge >= 0.3 is 0 Å². The van der Waals surface area contributed by atoms with Crippen LogP contribution in [0.2, 0.25) is 0 Å². The van der Waals surface area contributed by atoms with Gasteiger partial charge in [-0.3, -0.25) is 4.99 Å². The predicted octanol–water partition coefficient (Wildman–Crippen LogP) is 2.35. The molecule has 1 aliphatic carbocycles. The highest BCUT2D eigenvalue weighted by molar-refractivity contribution is 5.89. The van der Waals surface area contributed by atoms with Crippen molar-refractivity contribution >= 4 is 5.84 Å². The third-order valence-electron chi connectivity index (χ3n) is 3.60. The van der Waals surface area contributed by atoms with Crippen molar-refractivity contribution < 1.29 is 4.74 Å². The fourth-order valence-electron chi connectivity index (χ4n) is 2.21. The number of amidine groups is 1. The summed E-state index contributed by atoms with van der Waals surface area (Å²) < 4.78 is 5.63. The normalized spacial score (nSPS) is 25.2. The summed E-state index contributed by atoms with van der Waals surface area (Å²) in [5.41, 5.74) is 6.16. The van der Waals surface area contributed by atoms with Crippen LogP contribution in [0.4, 0.5) is 0 Å². The molecule has 0 aromatic rings. The first-order valence-corrected chi connectivity index (χ1v) is 5.81. The SMILES string of the molecule is CCN=C(N)C1(OC)CCC(C)(C)CC1. The quantitative estimate of drug-likeness (QED) is 0.576. The molecule has 0 unspecified atom stereocenters. The van der Waals surface area contributed by atoms with Gasteiger partial charge in [-0.2, -0.15) is 0 Å². The molecule has 1 fully saturated rings. The minimum atomic E-state index is -0.286. The topological polar surface area (TPSA) is 47.6 Å². The second-order valence-electron chi connectivity index (χ2n) is 5.22. The van der Waals surface area contributed by atoms with Crippen LogP contribution in [-0.4, -0.2) is 25.1 Å². The van der Waals surface area contributed by atoms with Gasteiger partial charge in [-0.25, -0.2) is 0 Å². The first-order valence-electron chi connectivity index (χ1n) is 5.81. The Hall–Kier alpha value is -0.570. The highest BCUT2D eigenvalue weighted by Gasteiger charge is 2.41. The fourth-order valence-corrected chi connectivity index (χ4v) is 2.21. The number of rotatable bonds is 3. The van der Waals surface area contributed by atoms with Crippen LogP contribution in [0.1, 0.15) is 46.5 Å². The summed E-state index contributed by atoms with van der Waals surface area (Å²) in [6.07, 6.45) is 4.29. The van der Waals surface area contributed by atoms with Crippen LogP contribution in [-0.2, 0) is 4.74 Å². The molecular formula is C12H24N2O. The van der Waals surface area contributed by atoms with E-state index in [1.807, 2.05) is 6.92 Å². The molecule has 0 aromatic heterocycles. The van der Waals surface area contributed by atoms with Crippen LogP contribution in [0.15, 0.2) is 4.99 Å². The Morgan fingerprint density at radius 3 is 2.20 bits per heavy atom. The Kier molecular flexibility index (Phi) is 3.77. The van der Waals surface area contributed by atoms with Gasteiger partial charge < -0.3 is 10.5 Å². The number of hydrogen-bond acceptors (Lipinski definition) is 2. The summed E-state index contributed by atoms with van der Waals surface area (Å²) in [6.45, 7) is 7.35. The van der Waals surface area contributed by atoms with Crippen LogP contribution in [0.5, 0.6) is 0 Å². The van der Waals surface area contributed by atoms with Crippen molar-refractivity contribution in [2.75, 3.05) is 13.7 Å². The Bertz CT molecular complexity index is 236. The van der Waals surface area contributed by atoms with Crippen molar-refractivity contribution in [1.82, 2.24) is 0 Å². The number of hydrogen-bond donors (Lipinski definition) is 1. The van der Waals surface area contributed by atoms with E-state index in [1.165, 1.54) is 0 Å². The third-order valence-corrected chi connectivity index (χ3v) is 3.60. The maximum absolute atomic E-state index is 6.02. The summed E-state index contributed by atoms with van der Waals surface area (Å²) in [7, 11) is 1.75. The summed E-state index contributed by atoms with van der Waals surface area (Å²) >= 11 is 0. The Morgan fingerprint density at radius 1 is 1.27 bits per heavy atom. The van der Waals surface area contributed by atoms with Gasteiger partial charge in [0, 0.05) is 13.7 Å². The number of nitrogens with zero attached hydrogens (tertiary/aromatic N) is 1. The minimum Gasteiger partial charge on any atom is -0.385 e. The second-order valence-corrected chi connectivity index (χ2v) is 5.22. The smallest absolute Gasteiger partial charge is 0.126 e. The average Bonchev–Trinajstić information content (AvgIpc) is 2.19. The molecule has 3 heteroatoms. The first kappa shape index (κ1) is 12.5. The molecule has 88 valence electrons. The van der Waals surface area contributed by atoms with Crippen LogP contribution >= 0.6 is 0 Å². The lowest BCUT2D eigenvalue weighted by Crippen LogP contribution is -2.49. The molecule has 1 aliphatic rings. The largest absolute Gasteiger partial charge is 0.385 e. The molecule has 2 N–H and O–H groups in total. The monoisotopic (exact) mass is 212 g/mol. The lowest BCUT2D eigenvalue weighted by molar-refractivity contribution is -0.00929. The van der Waals surface area contributed by atoms with Crippen molar-refractivity contribution in [2.24, 2.45) is 16.1 Å². The molecular weight excluding hydrogens is 188 g/mol. The van der Waals surface area contributed by atoms with Gasteiger partial charge in [0.1, 0.15) is 11.4 Å². The van der Waals surface area contributed by atoms with Gasteiger partial charge in [-0.15, -0.1) is 0 Å². The van der Waals surface area contributed by atoms with Crippen LogP contribution in [0, 0.1) is 5.41 Å². The van der Waals surface area contributed by atoms with Gasteiger partial charge in [-0.1, -0.05) is 13.8 Å². The number of aliphatic imine (C=N–C) groups is 1. The molecule has 0 spiro atoms. The predicted molar refractivity (Wildman–Crippen MR) is 64.2 cm³/mol. The molecule has 0 aliphatic heterocycles. The van der Waals surface area contributed by atoms with Gasteiger partial charge in [0.25, 0.3) is 0 Å². The van der Waals surface area contributed by atoms with E-state index in [9.17, 15) is 0 Å². The van der Waals surface area contributed by atoms with Crippen LogP contribution in [0.25, 0.3) is 0 Å². The van der Waals surface area contributed by atoms with Gasteiger partial charge in [0.2, 0.25) is 0 Å². The summed E-state index contributed by atoms with van der Waals surface area (Å²) in [4.78, 5) is 4.31. The molecule has 0 bridgehead atoms. The zero-order valence-corrected chi connectivity index (χ0v) is 10.5. The molecule has 3 nitrogen and oxygen atoms in total. The van der Waals surface area contributed by atoms with E-state index in [1.54, 1.807) is 7.11 Å². The lowest BCUT2D eigenvalue weighted by Gasteiger charge is -2.42. The zero-order chi connectivity index (χ0) is 11.5. The van der Waals surface area contributed by atoms with E-state index >= 15 is 0 Å². The highest BCUT2D eigenvalue weighted by Crippen LogP contribution is 2.41. The van der Waals surface area contributed by atoms with Crippen molar-refractivity contribution in [3.8, 4) is 0 Å². The molecule has 1 saturated carbocycles.